The second-order valence-electron chi connectivity index (χ2n) is 7.06. The number of carbonyl (C=O) groups excluding carboxylic acids is 1. The van der Waals surface area contributed by atoms with Crippen molar-refractivity contribution in [3.05, 3.63) is 47.2 Å². The van der Waals surface area contributed by atoms with Gasteiger partial charge in [0, 0.05) is 19.3 Å². The number of rotatable bonds is 6. The number of fused-ring (bicyclic) bond motifs is 1. The van der Waals surface area contributed by atoms with Crippen LogP contribution in [0.1, 0.15) is 35.3 Å². The molecule has 1 aromatic heterocycles. The van der Waals surface area contributed by atoms with E-state index in [-0.39, 0.29) is 24.5 Å². The quantitative estimate of drug-likeness (QED) is 0.754. The zero-order valence-electron chi connectivity index (χ0n) is 16.0. The van der Waals surface area contributed by atoms with E-state index in [1.165, 1.54) is 18.2 Å². The fraction of sp³-hybridized carbons (Fsp3) is 0.450. The Morgan fingerprint density at radius 1 is 1.33 bits per heavy atom. The number of ether oxygens (including phenoxy) is 1. The minimum Gasteiger partial charge on any atom is -0.465 e. The number of aromatic nitrogens is 2. The van der Waals surface area contributed by atoms with Gasteiger partial charge in [-0.25, -0.2) is 9.78 Å². The Hall–Kier alpha value is -2.67. The highest BCUT2D eigenvalue weighted by Crippen LogP contribution is 2.25. The lowest BCUT2D eigenvalue weighted by atomic mass is 9.97. The summed E-state index contributed by atoms with van der Waals surface area (Å²) in [6, 6.07) is 7.51. The second kappa shape index (κ2) is 8.35. The molecule has 3 rings (SSSR count). The highest BCUT2D eigenvalue weighted by Gasteiger charge is 2.20. The van der Waals surface area contributed by atoms with Crippen molar-refractivity contribution in [3.8, 4) is 0 Å². The van der Waals surface area contributed by atoms with Gasteiger partial charge < -0.3 is 20.1 Å². The molecule has 1 aliphatic rings. The van der Waals surface area contributed by atoms with E-state index in [0.29, 0.717) is 11.5 Å². The third-order valence-electron chi connectivity index (χ3n) is 4.92. The minimum atomic E-state index is -0.310. The number of hydrogen-bond acceptors (Lipinski definition) is 7. The Morgan fingerprint density at radius 2 is 2.15 bits per heavy atom. The van der Waals surface area contributed by atoms with Gasteiger partial charge in [-0.2, -0.15) is 4.98 Å². The van der Waals surface area contributed by atoms with Gasteiger partial charge in [-0.05, 0) is 41.7 Å². The summed E-state index contributed by atoms with van der Waals surface area (Å²) < 4.78 is 4.80. The van der Waals surface area contributed by atoms with Crippen LogP contribution in [0.4, 0.5) is 11.8 Å². The lowest BCUT2D eigenvalue weighted by Gasteiger charge is -2.30. The van der Waals surface area contributed by atoms with Gasteiger partial charge in [-0.3, -0.25) is 0 Å². The monoisotopic (exact) mass is 370 g/mol. The van der Waals surface area contributed by atoms with Crippen molar-refractivity contribution >= 4 is 17.7 Å². The molecule has 27 heavy (non-hydrogen) atoms. The molecule has 0 saturated carbocycles. The predicted octanol–water partition coefficient (Wildman–Crippen LogP) is 2.25. The van der Waals surface area contributed by atoms with E-state index in [9.17, 15) is 9.90 Å². The zero-order chi connectivity index (χ0) is 19.4. The van der Waals surface area contributed by atoms with E-state index in [1.807, 2.05) is 32.0 Å². The number of hydrogen-bond donors (Lipinski definition) is 2. The van der Waals surface area contributed by atoms with E-state index in [2.05, 4.69) is 20.2 Å². The molecule has 1 atom stereocenters. The number of anilines is 2. The lowest BCUT2D eigenvalue weighted by molar-refractivity contribution is 0.0600. The highest BCUT2D eigenvalue weighted by molar-refractivity contribution is 5.89. The Kier molecular flexibility index (Phi) is 5.91. The fourth-order valence-electron chi connectivity index (χ4n) is 3.18. The molecule has 2 aromatic rings. The number of aliphatic hydroxyl groups is 1. The van der Waals surface area contributed by atoms with Crippen molar-refractivity contribution in [1.82, 2.24) is 9.97 Å². The molecule has 0 aliphatic carbocycles. The third-order valence-corrected chi connectivity index (χ3v) is 4.92. The largest absolute Gasteiger partial charge is 0.465 e. The van der Waals surface area contributed by atoms with E-state index >= 15 is 0 Å². The summed E-state index contributed by atoms with van der Waals surface area (Å²) in [5.41, 5.74) is 2.93. The number of carbonyl (C=O) groups is 1. The molecule has 2 N–H and O–H groups in total. The molecule has 0 unspecified atom stereocenters. The fourth-order valence-corrected chi connectivity index (χ4v) is 3.18. The molecule has 1 aromatic carbocycles. The molecule has 7 heteroatoms. The molecule has 1 aliphatic heterocycles. The van der Waals surface area contributed by atoms with Crippen LogP contribution < -0.4 is 10.2 Å². The van der Waals surface area contributed by atoms with Crippen LogP contribution in [-0.2, 0) is 17.7 Å². The number of nitrogens with zero attached hydrogens (tertiary/aromatic N) is 3. The SMILES string of the molecule is COC(=O)c1ccc2c(c1)CCN(c1ccnc(N[C@@H](CO)C(C)C)n1)C2. The van der Waals surface area contributed by atoms with Gasteiger partial charge in [0.1, 0.15) is 5.82 Å². The Morgan fingerprint density at radius 3 is 2.85 bits per heavy atom. The maximum absolute atomic E-state index is 11.7. The molecular weight excluding hydrogens is 344 g/mol. The zero-order valence-corrected chi connectivity index (χ0v) is 16.0. The molecule has 7 nitrogen and oxygen atoms in total. The van der Waals surface area contributed by atoms with Crippen LogP contribution in [0, 0.1) is 5.92 Å². The maximum Gasteiger partial charge on any atom is 0.337 e. The number of methoxy groups -OCH3 is 1. The van der Waals surface area contributed by atoms with Crippen molar-refractivity contribution in [2.45, 2.75) is 32.9 Å². The summed E-state index contributed by atoms with van der Waals surface area (Å²) in [4.78, 5) is 22.8. The van der Waals surface area contributed by atoms with E-state index < -0.39 is 0 Å². The molecule has 0 bridgehead atoms. The van der Waals surface area contributed by atoms with E-state index in [4.69, 9.17) is 4.74 Å². The second-order valence-corrected chi connectivity index (χ2v) is 7.06. The molecule has 144 valence electrons. The Labute approximate surface area is 159 Å². The Bertz CT molecular complexity index is 810. The van der Waals surface area contributed by atoms with Gasteiger partial charge in [0.15, 0.2) is 0 Å². The summed E-state index contributed by atoms with van der Waals surface area (Å²) in [6.45, 7) is 5.65. The van der Waals surface area contributed by atoms with Gasteiger partial charge in [-0.1, -0.05) is 19.9 Å². The van der Waals surface area contributed by atoms with Gasteiger partial charge in [0.05, 0.1) is 25.3 Å². The van der Waals surface area contributed by atoms with Crippen LogP contribution in [0.2, 0.25) is 0 Å². The van der Waals surface area contributed by atoms with Crippen molar-refractivity contribution in [2.75, 3.05) is 30.5 Å². The average Bonchev–Trinajstić information content (AvgIpc) is 2.70. The molecule has 2 heterocycles. The molecule has 0 spiro atoms. The summed E-state index contributed by atoms with van der Waals surface area (Å²) in [6.07, 6.45) is 2.56. The molecule has 0 saturated heterocycles. The summed E-state index contributed by atoms with van der Waals surface area (Å²) >= 11 is 0. The van der Waals surface area contributed by atoms with Gasteiger partial charge in [0.25, 0.3) is 0 Å². The average molecular weight is 370 g/mol. The van der Waals surface area contributed by atoms with Gasteiger partial charge >= 0.3 is 5.97 Å². The van der Waals surface area contributed by atoms with Crippen LogP contribution in [0.3, 0.4) is 0 Å². The van der Waals surface area contributed by atoms with Crippen LogP contribution >= 0.6 is 0 Å². The first-order valence-electron chi connectivity index (χ1n) is 9.17. The topological polar surface area (TPSA) is 87.6 Å². The predicted molar refractivity (Wildman–Crippen MR) is 104 cm³/mol. The summed E-state index contributed by atoms with van der Waals surface area (Å²) in [7, 11) is 1.39. The van der Waals surface area contributed by atoms with Crippen molar-refractivity contribution in [1.29, 1.82) is 0 Å². The van der Waals surface area contributed by atoms with E-state index in [0.717, 1.165) is 25.3 Å². The van der Waals surface area contributed by atoms with Crippen molar-refractivity contribution in [2.24, 2.45) is 5.92 Å². The maximum atomic E-state index is 11.7. The molecule has 0 fully saturated rings. The van der Waals surface area contributed by atoms with E-state index in [1.54, 1.807) is 12.3 Å². The normalized spacial score (nSPS) is 14.6. The van der Waals surface area contributed by atoms with Crippen LogP contribution in [0.25, 0.3) is 0 Å². The highest BCUT2D eigenvalue weighted by atomic mass is 16.5. The minimum absolute atomic E-state index is 0.0326. The van der Waals surface area contributed by atoms with Crippen molar-refractivity contribution < 1.29 is 14.6 Å². The first kappa shape index (κ1) is 19.1. The van der Waals surface area contributed by atoms with Crippen LogP contribution in [0.5, 0.6) is 0 Å². The van der Waals surface area contributed by atoms with Gasteiger partial charge in [-0.15, -0.1) is 0 Å². The summed E-state index contributed by atoms with van der Waals surface area (Å²) in [5, 5.41) is 12.7. The number of aliphatic hydroxyl groups excluding tert-OH is 1. The number of esters is 1. The standard InChI is InChI=1S/C20H26N4O3/c1-13(2)17(12-25)22-20-21-8-6-18(23-20)24-9-7-14-10-15(19(26)27-3)4-5-16(14)11-24/h4-6,8,10,13,17,25H,7,9,11-12H2,1-3H3,(H,21,22,23)/t17-/m0/s1. The number of nitrogens with one attached hydrogen (secondary N) is 1. The van der Waals surface area contributed by atoms with Crippen LogP contribution in [-0.4, -0.2) is 47.3 Å². The van der Waals surface area contributed by atoms with Gasteiger partial charge in [0.2, 0.25) is 5.95 Å². The molecular formula is C20H26N4O3. The lowest BCUT2D eigenvalue weighted by Crippen LogP contribution is -2.33. The Balaban J connectivity index is 1.75. The first-order valence-corrected chi connectivity index (χ1v) is 9.17. The molecule has 0 radical (unpaired) electrons. The van der Waals surface area contributed by atoms with Crippen molar-refractivity contribution in [3.63, 3.8) is 0 Å². The first-order chi connectivity index (χ1) is 13.0. The van der Waals surface area contributed by atoms with Crippen LogP contribution in [0.15, 0.2) is 30.5 Å². The summed E-state index contributed by atoms with van der Waals surface area (Å²) in [5.74, 6) is 1.33. The molecule has 0 amide bonds. The smallest absolute Gasteiger partial charge is 0.337 e. The third kappa shape index (κ3) is 4.36. The number of benzene rings is 1.